The van der Waals surface area contributed by atoms with Crippen LogP contribution in [0.1, 0.15) is 27.8 Å². The summed E-state index contributed by atoms with van der Waals surface area (Å²) < 4.78 is 16.3. The minimum Gasteiger partial charge on any atom is -0.493 e. The number of carbonyl (C=O) groups excluding carboxylic acids is 1. The number of fused-ring (bicyclic) bond motifs is 1. The van der Waals surface area contributed by atoms with E-state index in [1.54, 1.807) is 56.7 Å². The number of hydrogen-bond acceptors (Lipinski definition) is 6. The second-order valence-corrected chi connectivity index (χ2v) is 6.91. The molecule has 154 valence electrons. The van der Waals surface area contributed by atoms with Gasteiger partial charge in [-0.1, -0.05) is 17.7 Å². The fourth-order valence-electron chi connectivity index (χ4n) is 3.61. The summed E-state index contributed by atoms with van der Waals surface area (Å²) in [6.45, 7) is 2.01. The Morgan fingerprint density at radius 3 is 2.23 bits per heavy atom. The predicted molar refractivity (Wildman–Crippen MR) is 115 cm³/mol. The van der Waals surface area contributed by atoms with Crippen molar-refractivity contribution in [3.05, 3.63) is 71.5 Å². The summed E-state index contributed by atoms with van der Waals surface area (Å²) in [6, 6.07) is 15.0. The Bertz CT molecular complexity index is 1060. The molecule has 0 unspecified atom stereocenters. The first-order valence-corrected chi connectivity index (χ1v) is 9.49. The van der Waals surface area contributed by atoms with Crippen molar-refractivity contribution in [1.82, 2.24) is 4.98 Å². The molecule has 0 saturated carbocycles. The van der Waals surface area contributed by atoms with Crippen LogP contribution < -0.4 is 24.4 Å². The molecule has 0 spiro atoms. The van der Waals surface area contributed by atoms with Crippen LogP contribution in [0.4, 0.5) is 11.4 Å². The highest BCUT2D eigenvalue weighted by Gasteiger charge is 2.39. The molecule has 1 N–H and O–H groups in total. The smallest absolute Gasteiger partial charge is 0.262 e. The van der Waals surface area contributed by atoms with E-state index in [0.717, 1.165) is 11.3 Å². The van der Waals surface area contributed by atoms with E-state index in [1.165, 1.54) is 0 Å². The lowest BCUT2D eigenvalue weighted by molar-refractivity contribution is 0.0993. The number of hydrogen-bond donors (Lipinski definition) is 1. The summed E-state index contributed by atoms with van der Waals surface area (Å²) in [5.74, 6) is 1.44. The number of rotatable bonds is 6. The van der Waals surface area contributed by atoms with Gasteiger partial charge in [0, 0.05) is 29.7 Å². The Morgan fingerprint density at radius 2 is 1.63 bits per heavy atom. The van der Waals surface area contributed by atoms with Crippen LogP contribution in [0.15, 0.2) is 54.7 Å². The van der Waals surface area contributed by atoms with Gasteiger partial charge in [-0.3, -0.25) is 14.7 Å². The molecule has 1 aliphatic heterocycles. The molecule has 1 amide bonds. The minimum absolute atomic E-state index is 0.105. The second-order valence-electron chi connectivity index (χ2n) is 6.91. The minimum atomic E-state index is -0.487. The van der Waals surface area contributed by atoms with E-state index >= 15 is 0 Å². The molecule has 2 heterocycles. The van der Waals surface area contributed by atoms with Gasteiger partial charge >= 0.3 is 0 Å². The number of aryl methyl sites for hydroxylation is 1. The van der Waals surface area contributed by atoms with Gasteiger partial charge in [0.05, 0.1) is 32.6 Å². The molecule has 7 heteroatoms. The number of methoxy groups -OCH3 is 3. The van der Waals surface area contributed by atoms with Crippen molar-refractivity contribution >= 4 is 17.3 Å². The predicted octanol–water partition coefficient (Wildman–Crippen LogP) is 4.19. The fraction of sp³-hybridized carbons (Fsp3) is 0.217. The molecule has 3 aromatic rings. The van der Waals surface area contributed by atoms with Crippen molar-refractivity contribution in [3.63, 3.8) is 0 Å². The Kier molecular flexibility index (Phi) is 5.18. The molecule has 2 aromatic carbocycles. The molecule has 30 heavy (non-hydrogen) atoms. The third-order valence-corrected chi connectivity index (χ3v) is 5.09. The van der Waals surface area contributed by atoms with E-state index < -0.39 is 6.17 Å². The average Bonchev–Trinajstić information content (AvgIpc) is 3.05. The van der Waals surface area contributed by atoms with Crippen molar-refractivity contribution in [2.75, 3.05) is 31.5 Å². The second kappa shape index (κ2) is 7.94. The summed E-state index contributed by atoms with van der Waals surface area (Å²) in [5.41, 5.74) is 3.85. The average molecular weight is 405 g/mol. The maximum absolute atomic E-state index is 13.2. The summed E-state index contributed by atoms with van der Waals surface area (Å²) in [7, 11) is 4.69. The van der Waals surface area contributed by atoms with Crippen molar-refractivity contribution in [2.24, 2.45) is 0 Å². The molecule has 7 nitrogen and oxygen atoms in total. The number of carbonyl (C=O) groups is 1. The van der Waals surface area contributed by atoms with Gasteiger partial charge in [-0.25, -0.2) is 0 Å². The molecule has 1 atom stereocenters. The number of amides is 1. The molecule has 0 bridgehead atoms. The fourth-order valence-corrected chi connectivity index (χ4v) is 3.61. The zero-order chi connectivity index (χ0) is 21.3. The topological polar surface area (TPSA) is 72.9 Å². The molecule has 0 radical (unpaired) electrons. The Hall–Kier alpha value is -3.74. The highest BCUT2D eigenvalue weighted by molar-refractivity contribution is 6.11. The molecule has 0 fully saturated rings. The number of nitrogens with one attached hydrogen (secondary N) is 1. The number of ether oxygens (including phenoxy) is 3. The monoisotopic (exact) mass is 405 g/mol. The van der Waals surface area contributed by atoms with E-state index in [1.807, 2.05) is 31.2 Å². The zero-order valence-electron chi connectivity index (χ0n) is 17.3. The number of nitrogens with zero attached hydrogens (tertiary/aromatic N) is 2. The molecule has 4 rings (SSSR count). The summed E-state index contributed by atoms with van der Waals surface area (Å²) in [4.78, 5) is 19.4. The summed E-state index contributed by atoms with van der Waals surface area (Å²) >= 11 is 0. The third kappa shape index (κ3) is 3.28. The standard InChI is InChI=1S/C23H23N3O4/c1-14-7-9-16(10-8-14)26-22(20-17(23(26)27)6-5-11-24-20)25-15-12-18(28-2)21(30-4)19(13-15)29-3/h5-13,22,25H,1-4H3/t22-/m0/s1. The van der Waals surface area contributed by atoms with Crippen LogP contribution in [0.25, 0.3) is 0 Å². The van der Waals surface area contributed by atoms with Gasteiger partial charge in [0.1, 0.15) is 0 Å². The highest BCUT2D eigenvalue weighted by atomic mass is 16.5. The van der Waals surface area contributed by atoms with E-state index in [-0.39, 0.29) is 5.91 Å². The molecular formula is C23H23N3O4. The quantitative estimate of drug-likeness (QED) is 0.663. The lowest BCUT2D eigenvalue weighted by Crippen LogP contribution is -2.32. The summed E-state index contributed by atoms with van der Waals surface area (Å²) in [5, 5.41) is 3.42. The maximum Gasteiger partial charge on any atom is 0.262 e. The first-order valence-electron chi connectivity index (χ1n) is 9.49. The van der Waals surface area contributed by atoms with Gasteiger partial charge in [-0.05, 0) is 31.2 Å². The third-order valence-electron chi connectivity index (χ3n) is 5.09. The van der Waals surface area contributed by atoms with Gasteiger partial charge in [0.15, 0.2) is 17.7 Å². The number of aromatic nitrogens is 1. The number of pyridine rings is 1. The maximum atomic E-state index is 13.2. The van der Waals surface area contributed by atoms with Crippen LogP contribution in [-0.4, -0.2) is 32.2 Å². The number of anilines is 2. The lowest BCUT2D eigenvalue weighted by Gasteiger charge is -2.27. The molecule has 1 aromatic heterocycles. The largest absolute Gasteiger partial charge is 0.493 e. The first kappa shape index (κ1) is 19.6. The Labute approximate surface area is 175 Å². The van der Waals surface area contributed by atoms with Crippen LogP contribution in [-0.2, 0) is 0 Å². The lowest BCUT2D eigenvalue weighted by atomic mass is 10.2. The van der Waals surface area contributed by atoms with Crippen LogP contribution in [0.5, 0.6) is 17.2 Å². The molecule has 0 aliphatic carbocycles. The van der Waals surface area contributed by atoms with Crippen molar-refractivity contribution in [3.8, 4) is 17.2 Å². The van der Waals surface area contributed by atoms with Crippen molar-refractivity contribution in [2.45, 2.75) is 13.1 Å². The van der Waals surface area contributed by atoms with Gasteiger partial charge in [0.25, 0.3) is 5.91 Å². The first-order chi connectivity index (χ1) is 14.6. The Morgan fingerprint density at radius 1 is 0.967 bits per heavy atom. The number of benzene rings is 2. The van der Waals surface area contributed by atoms with E-state index in [4.69, 9.17) is 14.2 Å². The SMILES string of the molecule is COc1cc(N[C@@H]2c3ncccc3C(=O)N2c2ccc(C)cc2)cc(OC)c1OC. The van der Waals surface area contributed by atoms with Crippen LogP contribution in [0.2, 0.25) is 0 Å². The van der Waals surface area contributed by atoms with Gasteiger partial charge in [0.2, 0.25) is 5.75 Å². The Balaban J connectivity index is 1.79. The molecular weight excluding hydrogens is 382 g/mol. The van der Waals surface area contributed by atoms with Crippen molar-refractivity contribution in [1.29, 1.82) is 0 Å². The summed E-state index contributed by atoms with van der Waals surface area (Å²) in [6.07, 6.45) is 1.20. The van der Waals surface area contributed by atoms with Gasteiger partial charge < -0.3 is 19.5 Å². The van der Waals surface area contributed by atoms with E-state index in [0.29, 0.717) is 34.2 Å². The van der Waals surface area contributed by atoms with Gasteiger partial charge in [-0.2, -0.15) is 0 Å². The van der Waals surface area contributed by atoms with Crippen molar-refractivity contribution < 1.29 is 19.0 Å². The zero-order valence-corrected chi connectivity index (χ0v) is 17.3. The molecule has 0 saturated heterocycles. The van der Waals surface area contributed by atoms with E-state index in [2.05, 4.69) is 10.3 Å². The van der Waals surface area contributed by atoms with Crippen LogP contribution in [0.3, 0.4) is 0 Å². The molecule has 1 aliphatic rings. The van der Waals surface area contributed by atoms with Crippen LogP contribution >= 0.6 is 0 Å². The normalized spacial score (nSPS) is 15.0. The highest BCUT2D eigenvalue weighted by Crippen LogP contribution is 2.42. The van der Waals surface area contributed by atoms with E-state index in [9.17, 15) is 4.79 Å². The van der Waals surface area contributed by atoms with Crippen LogP contribution in [0, 0.1) is 6.92 Å². The van der Waals surface area contributed by atoms with Gasteiger partial charge in [-0.15, -0.1) is 0 Å².